The Kier molecular flexibility index (Phi) is 5.24. The second kappa shape index (κ2) is 6.93. The minimum Gasteiger partial charge on any atom is -0.495 e. The van der Waals surface area contributed by atoms with Crippen LogP contribution in [0.25, 0.3) is 0 Å². The largest absolute Gasteiger partial charge is 0.495 e. The van der Waals surface area contributed by atoms with Crippen molar-refractivity contribution in [3.63, 3.8) is 0 Å². The van der Waals surface area contributed by atoms with Crippen LogP contribution in [-0.4, -0.2) is 17.8 Å². The lowest BCUT2D eigenvalue weighted by Crippen LogP contribution is -2.15. The second-order valence-corrected chi connectivity index (χ2v) is 5.97. The molecular formula is C14H15BrN2OS. The van der Waals surface area contributed by atoms with E-state index < -0.39 is 0 Å². The van der Waals surface area contributed by atoms with Crippen molar-refractivity contribution in [3.05, 3.63) is 52.8 Å². The minimum absolute atomic E-state index is 0.148. The molecular weight excluding hydrogens is 324 g/mol. The highest BCUT2D eigenvalue weighted by molar-refractivity contribution is 9.10. The monoisotopic (exact) mass is 338 g/mol. The van der Waals surface area contributed by atoms with E-state index in [2.05, 4.69) is 33.0 Å². The summed E-state index contributed by atoms with van der Waals surface area (Å²) in [4.78, 5) is 5.49. The predicted molar refractivity (Wildman–Crippen MR) is 82.6 cm³/mol. The van der Waals surface area contributed by atoms with Gasteiger partial charge in [-0.1, -0.05) is 15.9 Å². The van der Waals surface area contributed by atoms with Crippen molar-refractivity contribution < 1.29 is 4.74 Å². The molecule has 0 saturated heterocycles. The van der Waals surface area contributed by atoms with Crippen molar-refractivity contribution in [2.75, 3.05) is 12.9 Å². The highest BCUT2D eigenvalue weighted by Crippen LogP contribution is 2.27. The van der Waals surface area contributed by atoms with Crippen LogP contribution in [-0.2, 0) is 0 Å². The lowest BCUT2D eigenvalue weighted by Gasteiger charge is -2.14. The van der Waals surface area contributed by atoms with E-state index in [1.165, 1.54) is 4.90 Å². The normalized spacial score (nSPS) is 12.2. The summed E-state index contributed by atoms with van der Waals surface area (Å²) in [5.41, 5.74) is 6.98. The number of hydrogen-bond donors (Lipinski definition) is 1. The van der Waals surface area contributed by atoms with Crippen LogP contribution in [0, 0.1) is 0 Å². The van der Waals surface area contributed by atoms with Crippen LogP contribution >= 0.6 is 27.7 Å². The number of aromatic nitrogens is 1. The van der Waals surface area contributed by atoms with Gasteiger partial charge in [0.15, 0.2) is 0 Å². The van der Waals surface area contributed by atoms with E-state index in [-0.39, 0.29) is 6.04 Å². The van der Waals surface area contributed by atoms with Crippen LogP contribution in [0.1, 0.15) is 11.7 Å². The Balaban J connectivity index is 2.01. The number of nitrogens with zero attached hydrogens (tertiary/aromatic N) is 1. The molecule has 19 heavy (non-hydrogen) atoms. The van der Waals surface area contributed by atoms with Gasteiger partial charge in [-0.25, -0.2) is 0 Å². The molecule has 0 fully saturated rings. The Morgan fingerprint density at radius 3 is 2.74 bits per heavy atom. The first-order chi connectivity index (χ1) is 9.20. The maximum atomic E-state index is 6.18. The molecule has 2 rings (SSSR count). The molecule has 5 heteroatoms. The predicted octanol–water partition coefficient (Wildman–Crippen LogP) is 3.64. The molecule has 100 valence electrons. The fraction of sp³-hybridized carbons (Fsp3) is 0.214. The van der Waals surface area contributed by atoms with Crippen molar-refractivity contribution in [3.8, 4) is 5.75 Å². The van der Waals surface area contributed by atoms with Crippen LogP contribution < -0.4 is 10.5 Å². The van der Waals surface area contributed by atoms with Gasteiger partial charge in [0, 0.05) is 21.3 Å². The number of ether oxygens (including phenoxy) is 1. The molecule has 0 aliphatic rings. The molecule has 1 aromatic carbocycles. The number of pyridine rings is 1. The first kappa shape index (κ1) is 14.4. The summed E-state index contributed by atoms with van der Waals surface area (Å²) in [5.74, 6) is 1.50. The fourth-order valence-electron chi connectivity index (χ4n) is 1.65. The summed E-state index contributed by atoms with van der Waals surface area (Å²) in [6, 6.07) is 11.8. The quantitative estimate of drug-likeness (QED) is 0.845. The number of benzene rings is 1. The molecule has 2 N–H and O–H groups in total. The smallest absolute Gasteiger partial charge is 0.142 e. The highest BCUT2D eigenvalue weighted by atomic mass is 79.9. The molecule has 0 aliphatic carbocycles. The van der Waals surface area contributed by atoms with Crippen molar-refractivity contribution in [1.29, 1.82) is 0 Å². The van der Waals surface area contributed by atoms with Gasteiger partial charge >= 0.3 is 0 Å². The van der Waals surface area contributed by atoms with Crippen LogP contribution in [0.15, 0.2) is 52.0 Å². The van der Waals surface area contributed by atoms with Gasteiger partial charge in [-0.05, 0) is 36.4 Å². The molecule has 1 atom stereocenters. The molecule has 0 amide bonds. The average Bonchev–Trinajstić information content (AvgIpc) is 2.46. The number of halogens is 1. The molecule has 1 heterocycles. The Labute approximate surface area is 125 Å². The number of nitrogens with two attached hydrogens (primary N) is 1. The molecule has 0 bridgehead atoms. The Morgan fingerprint density at radius 2 is 2.05 bits per heavy atom. The van der Waals surface area contributed by atoms with Crippen LogP contribution in [0.2, 0.25) is 0 Å². The number of thioether (sulfide) groups is 1. The maximum Gasteiger partial charge on any atom is 0.142 e. The van der Waals surface area contributed by atoms with Gasteiger partial charge in [-0.15, -0.1) is 11.8 Å². The number of rotatable bonds is 5. The summed E-state index contributed by atoms with van der Waals surface area (Å²) < 4.78 is 6.35. The molecule has 2 aromatic rings. The van der Waals surface area contributed by atoms with Gasteiger partial charge < -0.3 is 10.5 Å². The van der Waals surface area contributed by atoms with E-state index in [1.54, 1.807) is 25.1 Å². The van der Waals surface area contributed by atoms with E-state index in [9.17, 15) is 0 Å². The zero-order chi connectivity index (χ0) is 13.7. The average molecular weight is 339 g/mol. The summed E-state index contributed by atoms with van der Waals surface area (Å²) >= 11 is 5.13. The van der Waals surface area contributed by atoms with E-state index >= 15 is 0 Å². The minimum atomic E-state index is -0.148. The van der Waals surface area contributed by atoms with E-state index in [0.717, 1.165) is 21.7 Å². The van der Waals surface area contributed by atoms with Crippen LogP contribution in [0.3, 0.4) is 0 Å². The molecule has 0 radical (unpaired) electrons. The Hall–Kier alpha value is -1.04. The molecule has 1 unspecified atom stereocenters. The molecule has 0 spiro atoms. The maximum absolute atomic E-state index is 6.18. The zero-order valence-electron chi connectivity index (χ0n) is 10.5. The van der Waals surface area contributed by atoms with Crippen LogP contribution in [0.5, 0.6) is 5.75 Å². The van der Waals surface area contributed by atoms with Crippen molar-refractivity contribution in [2.24, 2.45) is 5.73 Å². The highest BCUT2D eigenvalue weighted by Gasteiger charge is 2.13. The first-order valence-electron chi connectivity index (χ1n) is 5.83. The van der Waals surface area contributed by atoms with Crippen molar-refractivity contribution in [2.45, 2.75) is 10.9 Å². The summed E-state index contributed by atoms with van der Waals surface area (Å²) in [7, 11) is 1.63. The van der Waals surface area contributed by atoms with Gasteiger partial charge in [0.25, 0.3) is 0 Å². The van der Waals surface area contributed by atoms with E-state index in [1.807, 2.05) is 24.3 Å². The first-order valence-corrected chi connectivity index (χ1v) is 7.61. The summed E-state index contributed by atoms with van der Waals surface area (Å²) in [6.45, 7) is 0. The van der Waals surface area contributed by atoms with Gasteiger partial charge in [0.05, 0.1) is 18.8 Å². The Bertz CT molecular complexity index is 533. The lowest BCUT2D eigenvalue weighted by molar-refractivity contribution is 0.404. The van der Waals surface area contributed by atoms with Crippen molar-refractivity contribution in [1.82, 2.24) is 4.98 Å². The Morgan fingerprint density at radius 1 is 1.32 bits per heavy atom. The van der Waals surface area contributed by atoms with Crippen LogP contribution in [0.4, 0.5) is 0 Å². The third kappa shape index (κ3) is 3.96. The standard InChI is InChI=1S/C14H15BrN2OS/c1-18-13-3-2-8-17-14(13)12(16)9-19-11-6-4-10(15)5-7-11/h2-8,12H,9,16H2,1H3. The number of hydrogen-bond acceptors (Lipinski definition) is 4. The van der Waals surface area contributed by atoms with Gasteiger partial charge in [0.1, 0.15) is 5.75 Å². The van der Waals surface area contributed by atoms with E-state index in [4.69, 9.17) is 10.5 Å². The molecule has 1 aromatic heterocycles. The SMILES string of the molecule is COc1cccnc1C(N)CSc1ccc(Br)cc1. The number of methoxy groups -OCH3 is 1. The topological polar surface area (TPSA) is 48.1 Å². The molecule has 3 nitrogen and oxygen atoms in total. The summed E-state index contributed by atoms with van der Waals surface area (Å²) in [5, 5.41) is 0. The van der Waals surface area contributed by atoms with E-state index in [0.29, 0.717) is 0 Å². The lowest BCUT2D eigenvalue weighted by atomic mass is 10.2. The van der Waals surface area contributed by atoms with Crippen molar-refractivity contribution >= 4 is 27.7 Å². The molecule has 0 aliphatic heterocycles. The fourth-order valence-corrected chi connectivity index (χ4v) is 2.77. The summed E-state index contributed by atoms with van der Waals surface area (Å²) in [6.07, 6.45) is 1.74. The van der Waals surface area contributed by atoms with Gasteiger partial charge in [0.2, 0.25) is 0 Å². The second-order valence-electron chi connectivity index (χ2n) is 3.96. The van der Waals surface area contributed by atoms with Gasteiger partial charge in [-0.2, -0.15) is 0 Å². The zero-order valence-corrected chi connectivity index (χ0v) is 12.9. The molecule has 0 saturated carbocycles. The third-order valence-corrected chi connectivity index (χ3v) is 4.27. The third-order valence-electron chi connectivity index (χ3n) is 2.61. The van der Waals surface area contributed by atoms with Gasteiger partial charge in [-0.3, -0.25) is 4.98 Å².